The lowest BCUT2D eigenvalue weighted by molar-refractivity contribution is -0.117. The molecule has 2 rings (SSSR count). The summed E-state index contributed by atoms with van der Waals surface area (Å²) in [4.78, 5) is 23.9. The molecular weight excluding hydrogens is 222 g/mol. The third-order valence-electron chi connectivity index (χ3n) is 2.40. The van der Waals surface area contributed by atoms with E-state index in [2.05, 4.69) is 4.99 Å². The Morgan fingerprint density at radius 2 is 2.06 bits per heavy atom. The third-order valence-corrected chi connectivity index (χ3v) is 2.40. The molecule has 1 aromatic rings. The zero-order chi connectivity index (χ0) is 12.1. The fourth-order valence-corrected chi connectivity index (χ4v) is 1.60. The molecule has 0 saturated heterocycles. The third kappa shape index (κ3) is 2.92. The van der Waals surface area contributed by atoms with E-state index >= 15 is 0 Å². The first-order chi connectivity index (χ1) is 8.29. The van der Waals surface area contributed by atoms with Crippen molar-refractivity contribution in [1.82, 2.24) is 0 Å². The molecule has 0 bridgehead atoms. The predicted octanol–water partition coefficient (Wildman–Crippen LogP) is 1.25. The summed E-state index contributed by atoms with van der Waals surface area (Å²) < 4.78 is 10.8. The van der Waals surface area contributed by atoms with Crippen molar-refractivity contribution in [3.05, 3.63) is 23.8 Å². The van der Waals surface area contributed by atoms with Gasteiger partial charge in [0.2, 0.25) is 6.08 Å². The van der Waals surface area contributed by atoms with Crippen molar-refractivity contribution in [3.8, 4) is 11.5 Å². The summed E-state index contributed by atoms with van der Waals surface area (Å²) in [6.07, 6.45) is 1.94. The molecule has 1 amide bonds. The number of benzene rings is 1. The average molecular weight is 233 g/mol. The fraction of sp³-hybridized carbons (Fsp3) is 0.333. The second kappa shape index (κ2) is 5.27. The van der Waals surface area contributed by atoms with Crippen LogP contribution >= 0.6 is 0 Å². The molecule has 5 nitrogen and oxygen atoms in total. The number of carbonyl (C=O) groups excluding carboxylic acids is 2. The maximum atomic E-state index is 11.0. The van der Waals surface area contributed by atoms with E-state index < -0.39 is 5.91 Å². The highest BCUT2D eigenvalue weighted by atomic mass is 16.6. The van der Waals surface area contributed by atoms with Crippen LogP contribution in [0.5, 0.6) is 11.5 Å². The second-order valence-corrected chi connectivity index (χ2v) is 3.57. The van der Waals surface area contributed by atoms with Gasteiger partial charge >= 0.3 is 0 Å². The normalized spacial score (nSPS) is 12.7. The minimum atomic E-state index is -0.463. The highest BCUT2D eigenvalue weighted by Gasteiger charge is 2.11. The highest BCUT2D eigenvalue weighted by Crippen LogP contribution is 2.30. The van der Waals surface area contributed by atoms with Gasteiger partial charge in [0.1, 0.15) is 13.2 Å². The number of aliphatic imine (C=N–C) groups is 1. The number of ether oxygens (including phenoxy) is 2. The van der Waals surface area contributed by atoms with Crippen LogP contribution in [0, 0.1) is 0 Å². The quantitative estimate of drug-likeness (QED) is 0.582. The SMILES string of the molecule is O=C=NC(=O)CCc1ccc2c(c1)OCCO2. The van der Waals surface area contributed by atoms with E-state index in [1.165, 1.54) is 6.08 Å². The Labute approximate surface area is 98.1 Å². The molecule has 0 aromatic heterocycles. The van der Waals surface area contributed by atoms with Crippen LogP contribution in [-0.2, 0) is 16.0 Å². The summed E-state index contributed by atoms with van der Waals surface area (Å²) in [6.45, 7) is 1.09. The van der Waals surface area contributed by atoms with E-state index in [9.17, 15) is 9.59 Å². The van der Waals surface area contributed by atoms with Crippen LogP contribution in [0.15, 0.2) is 23.2 Å². The highest BCUT2D eigenvalue weighted by molar-refractivity contribution is 5.81. The van der Waals surface area contributed by atoms with E-state index in [4.69, 9.17) is 9.47 Å². The molecule has 1 aromatic carbocycles. The zero-order valence-electron chi connectivity index (χ0n) is 9.14. The smallest absolute Gasteiger partial charge is 0.256 e. The van der Waals surface area contributed by atoms with Gasteiger partial charge in [-0.25, -0.2) is 4.79 Å². The molecule has 1 aliphatic heterocycles. The standard InChI is InChI=1S/C12H11NO4/c14-8-13-12(15)4-2-9-1-3-10-11(7-9)17-6-5-16-10/h1,3,7H,2,4-6H2. The number of carbonyl (C=O) groups is 1. The molecule has 0 atom stereocenters. The molecule has 5 heteroatoms. The van der Waals surface area contributed by atoms with Gasteiger partial charge in [-0.3, -0.25) is 4.79 Å². The lowest BCUT2D eigenvalue weighted by Crippen LogP contribution is -2.15. The maximum Gasteiger partial charge on any atom is 0.256 e. The number of aryl methyl sites for hydroxylation is 1. The fourth-order valence-electron chi connectivity index (χ4n) is 1.60. The van der Waals surface area contributed by atoms with E-state index in [1.54, 1.807) is 0 Å². The summed E-state index contributed by atoms with van der Waals surface area (Å²) in [5.74, 6) is 0.951. The molecule has 0 spiro atoms. The molecule has 1 aliphatic rings. The molecule has 0 fully saturated rings. The van der Waals surface area contributed by atoms with Gasteiger partial charge in [-0.05, 0) is 24.1 Å². The molecule has 17 heavy (non-hydrogen) atoms. The molecule has 0 aliphatic carbocycles. The van der Waals surface area contributed by atoms with Crippen molar-refractivity contribution in [1.29, 1.82) is 0 Å². The Kier molecular flexibility index (Phi) is 3.52. The van der Waals surface area contributed by atoms with Gasteiger partial charge in [0.15, 0.2) is 11.5 Å². The van der Waals surface area contributed by atoms with Crippen LogP contribution in [0.4, 0.5) is 0 Å². The number of isocyanates is 1. The van der Waals surface area contributed by atoms with Gasteiger partial charge in [0.05, 0.1) is 0 Å². The first-order valence-electron chi connectivity index (χ1n) is 5.29. The summed E-state index contributed by atoms with van der Waals surface area (Å²) in [5, 5.41) is 0. The molecule has 1 heterocycles. The van der Waals surface area contributed by atoms with Gasteiger partial charge in [0.25, 0.3) is 5.91 Å². The monoisotopic (exact) mass is 233 g/mol. The Balaban J connectivity index is 2.02. The first kappa shape index (κ1) is 11.4. The van der Waals surface area contributed by atoms with Crippen LogP contribution in [0.25, 0.3) is 0 Å². The zero-order valence-corrected chi connectivity index (χ0v) is 9.14. The van der Waals surface area contributed by atoms with Gasteiger partial charge < -0.3 is 9.47 Å². The van der Waals surface area contributed by atoms with Crippen molar-refractivity contribution < 1.29 is 19.1 Å². The molecule has 0 N–H and O–H groups in total. The number of amides is 1. The van der Waals surface area contributed by atoms with E-state index in [-0.39, 0.29) is 6.42 Å². The predicted molar refractivity (Wildman–Crippen MR) is 58.9 cm³/mol. The number of hydrogen-bond acceptors (Lipinski definition) is 4. The minimum absolute atomic E-state index is 0.189. The number of rotatable bonds is 3. The van der Waals surface area contributed by atoms with Crippen LogP contribution < -0.4 is 9.47 Å². The first-order valence-corrected chi connectivity index (χ1v) is 5.29. The van der Waals surface area contributed by atoms with Crippen LogP contribution in [-0.4, -0.2) is 25.2 Å². The van der Waals surface area contributed by atoms with Gasteiger partial charge in [-0.2, -0.15) is 0 Å². The average Bonchev–Trinajstić information content (AvgIpc) is 2.36. The Morgan fingerprint density at radius 3 is 2.82 bits per heavy atom. The number of hydrogen-bond donors (Lipinski definition) is 0. The Bertz CT molecular complexity index is 477. The summed E-state index contributed by atoms with van der Waals surface area (Å²) in [7, 11) is 0. The minimum Gasteiger partial charge on any atom is -0.486 e. The van der Waals surface area contributed by atoms with E-state index in [1.807, 2.05) is 18.2 Å². The van der Waals surface area contributed by atoms with Crippen molar-refractivity contribution in [2.24, 2.45) is 4.99 Å². The molecule has 0 saturated carbocycles. The van der Waals surface area contributed by atoms with E-state index in [0.29, 0.717) is 25.4 Å². The molecule has 0 unspecified atom stereocenters. The molecule has 88 valence electrons. The van der Waals surface area contributed by atoms with Gasteiger partial charge in [-0.1, -0.05) is 6.07 Å². The lowest BCUT2D eigenvalue weighted by atomic mass is 10.1. The van der Waals surface area contributed by atoms with Gasteiger partial charge in [0, 0.05) is 6.42 Å². The topological polar surface area (TPSA) is 65.0 Å². The number of fused-ring (bicyclic) bond motifs is 1. The largest absolute Gasteiger partial charge is 0.486 e. The van der Waals surface area contributed by atoms with Crippen LogP contribution in [0.1, 0.15) is 12.0 Å². The van der Waals surface area contributed by atoms with Crippen molar-refractivity contribution >= 4 is 12.0 Å². The summed E-state index contributed by atoms with van der Waals surface area (Å²) in [5.41, 5.74) is 0.948. The number of nitrogens with zero attached hydrogens (tertiary/aromatic N) is 1. The van der Waals surface area contributed by atoms with Crippen LogP contribution in [0.2, 0.25) is 0 Å². The molecule has 0 radical (unpaired) electrons. The Morgan fingerprint density at radius 1 is 1.29 bits per heavy atom. The van der Waals surface area contributed by atoms with Crippen molar-refractivity contribution in [3.63, 3.8) is 0 Å². The maximum absolute atomic E-state index is 11.0. The molecular formula is C12H11NO4. The van der Waals surface area contributed by atoms with Crippen LogP contribution in [0.3, 0.4) is 0 Å². The van der Waals surface area contributed by atoms with Crippen molar-refractivity contribution in [2.45, 2.75) is 12.8 Å². The van der Waals surface area contributed by atoms with Gasteiger partial charge in [-0.15, -0.1) is 4.99 Å². The Hall–Kier alpha value is -2.13. The van der Waals surface area contributed by atoms with E-state index in [0.717, 1.165) is 11.3 Å². The summed E-state index contributed by atoms with van der Waals surface area (Å²) >= 11 is 0. The van der Waals surface area contributed by atoms with Crippen molar-refractivity contribution in [2.75, 3.05) is 13.2 Å². The lowest BCUT2D eigenvalue weighted by Gasteiger charge is -2.18. The second-order valence-electron chi connectivity index (χ2n) is 3.57. The summed E-state index contributed by atoms with van der Waals surface area (Å²) in [6, 6.07) is 5.52.